The first-order chi connectivity index (χ1) is 15.4. The van der Waals surface area contributed by atoms with E-state index >= 15 is 0 Å². The highest BCUT2D eigenvalue weighted by atomic mass is 32.2. The minimum Gasteiger partial charge on any atom is -0.378 e. The number of H-pyrrole nitrogens is 1. The molecule has 1 aliphatic heterocycles. The molecule has 32 heavy (non-hydrogen) atoms. The number of morpholine rings is 1. The second kappa shape index (κ2) is 8.35. The Labute approximate surface area is 189 Å². The average Bonchev–Trinajstić information content (AvgIpc) is 3.44. The van der Waals surface area contributed by atoms with Gasteiger partial charge in [-0.15, -0.1) is 11.3 Å². The molecule has 5 rings (SSSR count). The first-order valence-electron chi connectivity index (χ1n) is 10.3. The highest BCUT2D eigenvalue weighted by Gasteiger charge is 2.22. The lowest BCUT2D eigenvalue weighted by atomic mass is 10.2. The van der Waals surface area contributed by atoms with Crippen molar-refractivity contribution >= 4 is 48.3 Å². The molecule has 0 spiro atoms. The monoisotopic (exact) mass is 473 g/mol. The number of hydrogen-bond acceptors (Lipinski definition) is 9. The fourth-order valence-electron chi connectivity index (χ4n) is 3.54. The highest BCUT2D eigenvalue weighted by Crippen LogP contribution is 2.35. The van der Waals surface area contributed by atoms with Crippen molar-refractivity contribution in [3.05, 3.63) is 29.5 Å². The van der Waals surface area contributed by atoms with E-state index in [0.717, 1.165) is 50.5 Å². The van der Waals surface area contributed by atoms with Crippen LogP contribution in [-0.2, 0) is 21.3 Å². The molecule has 1 aliphatic rings. The third-order valence-electron chi connectivity index (χ3n) is 5.39. The molecular weight excluding hydrogens is 450 g/mol. The average molecular weight is 474 g/mol. The van der Waals surface area contributed by atoms with Gasteiger partial charge in [-0.2, -0.15) is 5.10 Å². The lowest BCUT2D eigenvalue weighted by molar-refractivity contribution is 0.122. The number of nitrogens with zero attached hydrogens (tertiary/aromatic N) is 5. The van der Waals surface area contributed by atoms with E-state index in [1.54, 1.807) is 32.4 Å². The summed E-state index contributed by atoms with van der Waals surface area (Å²) in [5.74, 6) is 1.39. The van der Waals surface area contributed by atoms with Crippen LogP contribution in [0, 0.1) is 0 Å². The van der Waals surface area contributed by atoms with Crippen LogP contribution in [0.3, 0.4) is 0 Å². The van der Waals surface area contributed by atoms with Crippen LogP contribution < -0.4 is 9.62 Å². The summed E-state index contributed by atoms with van der Waals surface area (Å²) in [6.07, 6.45) is 5.21. The Morgan fingerprint density at radius 1 is 1.22 bits per heavy atom. The van der Waals surface area contributed by atoms with Gasteiger partial charge in [-0.25, -0.2) is 23.1 Å². The maximum Gasteiger partial charge on any atom is 0.214 e. The molecule has 1 saturated heterocycles. The van der Waals surface area contributed by atoms with Gasteiger partial charge in [0.25, 0.3) is 0 Å². The summed E-state index contributed by atoms with van der Waals surface area (Å²) < 4.78 is 33.5. The molecule has 0 saturated carbocycles. The number of aromatic nitrogens is 5. The summed E-state index contributed by atoms with van der Waals surface area (Å²) in [6.45, 7) is 6.26. The Bertz CT molecular complexity index is 1370. The smallest absolute Gasteiger partial charge is 0.214 e. The van der Waals surface area contributed by atoms with Gasteiger partial charge in [0.1, 0.15) is 0 Å². The van der Waals surface area contributed by atoms with Crippen molar-refractivity contribution < 1.29 is 13.2 Å². The zero-order valence-corrected chi connectivity index (χ0v) is 19.3. The minimum atomic E-state index is -3.36. The van der Waals surface area contributed by atoms with Gasteiger partial charge in [-0.3, -0.25) is 10.1 Å². The predicted molar refractivity (Wildman–Crippen MR) is 124 cm³/mol. The molecule has 2 N–H and O–H groups in total. The van der Waals surface area contributed by atoms with Crippen LogP contribution in [0.4, 0.5) is 5.82 Å². The van der Waals surface area contributed by atoms with Crippen LogP contribution in [0.1, 0.15) is 18.7 Å². The first kappa shape index (κ1) is 21.2. The Balaban J connectivity index is 1.61. The number of sulfonamides is 1. The molecule has 12 heteroatoms. The van der Waals surface area contributed by atoms with E-state index in [1.165, 1.54) is 11.3 Å². The lowest BCUT2D eigenvalue weighted by Gasteiger charge is -2.28. The van der Waals surface area contributed by atoms with Crippen molar-refractivity contribution in [2.75, 3.05) is 31.2 Å². The SMILES string of the molecule is CC(C)S(=O)(=O)NCc1cc2nc(-c3cncc4[nH]ncc34)nc(N3CCOCC3)c2s1. The summed E-state index contributed by atoms with van der Waals surface area (Å²) >= 11 is 1.51. The van der Waals surface area contributed by atoms with Crippen LogP contribution in [0.25, 0.3) is 32.5 Å². The standard InChI is InChI=1S/C20H23N7O3S2/c1-12(2)32(28,29)23-8-13-7-16-18(31-13)20(27-3-5-30-6-4-27)25-19(24-16)15-9-21-11-17-14(15)10-22-26-17/h7,9-12,23H,3-6,8H2,1-2H3,(H,22,26). The molecule has 0 bridgehead atoms. The van der Waals surface area contributed by atoms with Gasteiger partial charge in [0.05, 0.1) is 46.6 Å². The number of thiophene rings is 1. The number of pyridine rings is 1. The molecule has 0 amide bonds. The Kier molecular flexibility index (Phi) is 5.53. The molecule has 4 aromatic heterocycles. The van der Waals surface area contributed by atoms with Crippen molar-refractivity contribution in [3.8, 4) is 11.4 Å². The van der Waals surface area contributed by atoms with Crippen LogP contribution in [0.15, 0.2) is 24.7 Å². The van der Waals surface area contributed by atoms with E-state index < -0.39 is 15.3 Å². The predicted octanol–water partition coefficient (Wildman–Crippen LogP) is 2.29. The highest BCUT2D eigenvalue weighted by molar-refractivity contribution is 7.90. The number of aromatic amines is 1. The topological polar surface area (TPSA) is 126 Å². The molecule has 4 aromatic rings. The lowest BCUT2D eigenvalue weighted by Crippen LogP contribution is -2.36. The van der Waals surface area contributed by atoms with Gasteiger partial charge >= 0.3 is 0 Å². The number of fused-ring (bicyclic) bond motifs is 2. The van der Waals surface area contributed by atoms with Gasteiger partial charge in [-0.05, 0) is 19.9 Å². The number of nitrogens with one attached hydrogen (secondary N) is 2. The zero-order chi connectivity index (χ0) is 22.3. The van der Waals surface area contributed by atoms with E-state index in [4.69, 9.17) is 14.7 Å². The van der Waals surface area contributed by atoms with Crippen molar-refractivity contribution in [1.29, 1.82) is 0 Å². The molecule has 0 atom stereocenters. The minimum absolute atomic E-state index is 0.221. The van der Waals surface area contributed by atoms with Gasteiger partial charge in [-0.1, -0.05) is 0 Å². The van der Waals surface area contributed by atoms with E-state index in [1.807, 2.05) is 6.07 Å². The van der Waals surface area contributed by atoms with E-state index in [9.17, 15) is 8.42 Å². The number of ether oxygens (including phenoxy) is 1. The van der Waals surface area contributed by atoms with Crippen LogP contribution in [-0.4, -0.2) is 65.1 Å². The molecule has 0 unspecified atom stereocenters. The van der Waals surface area contributed by atoms with Crippen LogP contribution >= 0.6 is 11.3 Å². The number of hydrogen-bond donors (Lipinski definition) is 2. The van der Waals surface area contributed by atoms with Crippen molar-refractivity contribution in [3.63, 3.8) is 0 Å². The summed E-state index contributed by atoms with van der Waals surface area (Å²) in [6, 6.07) is 1.93. The molecule has 5 heterocycles. The molecule has 0 radical (unpaired) electrons. The Hall–Kier alpha value is -2.67. The number of anilines is 1. The Morgan fingerprint density at radius 3 is 2.81 bits per heavy atom. The molecule has 168 valence electrons. The maximum absolute atomic E-state index is 12.2. The molecule has 1 fully saturated rings. The van der Waals surface area contributed by atoms with Crippen molar-refractivity contribution in [2.24, 2.45) is 0 Å². The summed E-state index contributed by atoms with van der Waals surface area (Å²) in [5, 5.41) is 7.45. The summed E-state index contributed by atoms with van der Waals surface area (Å²) in [4.78, 5) is 17.1. The maximum atomic E-state index is 12.2. The molecule has 10 nitrogen and oxygen atoms in total. The van der Waals surface area contributed by atoms with Gasteiger partial charge in [0.2, 0.25) is 10.0 Å². The molecule has 0 aromatic carbocycles. The Morgan fingerprint density at radius 2 is 2.03 bits per heavy atom. The second-order valence-corrected chi connectivity index (χ2v) is 11.3. The fraction of sp³-hybridized carbons (Fsp3) is 0.400. The first-order valence-corrected chi connectivity index (χ1v) is 12.7. The quantitative estimate of drug-likeness (QED) is 0.437. The molecular formula is C20H23N7O3S2. The largest absolute Gasteiger partial charge is 0.378 e. The summed E-state index contributed by atoms with van der Waals surface area (Å²) in [7, 11) is -3.36. The van der Waals surface area contributed by atoms with Crippen molar-refractivity contribution in [1.82, 2.24) is 29.9 Å². The van der Waals surface area contributed by atoms with Crippen LogP contribution in [0.2, 0.25) is 0 Å². The van der Waals surface area contributed by atoms with Gasteiger partial charge in [0.15, 0.2) is 11.6 Å². The fourth-order valence-corrected chi connectivity index (χ4v) is 5.38. The second-order valence-electron chi connectivity index (χ2n) is 7.83. The third-order valence-corrected chi connectivity index (χ3v) is 8.30. The number of rotatable bonds is 6. The van der Waals surface area contributed by atoms with E-state index in [-0.39, 0.29) is 6.54 Å². The van der Waals surface area contributed by atoms with Gasteiger partial charge in [0, 0.05) is 41.7 Å². The summed E-state index contributed by atoms with van der Waals surface area (Å²) in [5.41, 5.74) is 2.38. The van der Waals surface area contributed by atoms with E-state index in [0.29, 0.717) is 19.0 Å². The van der Waals surface area contributed by atoms with E-state index in [2.05, 4.69) is 24.8 Å². The zero-order valence-electron chi connectivity index (χ0n) is 17.7. The normalized spacial score (nSPS) is 15.3. The van der Waals surface area contributed by atoms with Crippen LogP contribution in [0.5, 0.6) is 0 Å². The molecule has 0 aliphatic carbocycles. The van der Waals surface area contributed by atoms with Gasteiger partial charge < -0.3 is 9.64 Å². The van der Waals surface area contributed by atoms with Crippen molar-refractivity contribution in [2.45, 2.75) is 25.6 Å². The third kappa shape index (κ3) is 3.94.